The minimum atomic E-state index is -1.42. The Labute approximate surface area is 162 Å². The average Bonchev–Trinajstić information content (AvgIpc) is 3.21. The van der Waals surface area contributed by atoms with Gasteiger partial charge in [0, 0.05) is 17.6 Å². The minimum Gasteiger partial charge on any atom is -0.392 e. The van der Waals surface area contributed by atoms with Crippen molar-refractivity contribution in [2.24, 2.45) is 11.8 Å². The van der Waals surface area contributed by atoms with Crippen molar-refractivity contribution < 1.29 is 19.5 Å². The zero-order chi connectivity index (χ0) is 19.7. The molecule has 3 aliphatic rings. The molecule has 2 fully saturated rings. The van der Waals surface area contributed by atoms with E-state index in [1.807, 2.05) is 13.8 Å². The van der Waals surface area contributed by atoms with Gasteiger partial charge in [-0.1, -0.05) is 30.7 Å². The van der Waals surface area contributed by atoms with Gasteiger partial charge in [0.25, 0.3) is 0 Å². The van der Waals surface area contributed by atoms with Gasteiger partial charge in [-0.2, -0.15) is 0 Å². The number of benzene rings is 1. The Hall–Kier alpha value is -1.96. The maximum Gasteiger partial charge on any atom is 0.250 e. The Bertz CT molecular complexity index is 857. The van der Waals surface area contributed by atoms with Crippen LogP contribution < -0.4 is 10.6 Å². The minimum absolute atomic E-state index is 0.273. The predicted octanol–water partition coefficient (Wildman–Crippen LogP) is 1.24. The monoisotopic (exact) mass is 391 g/mol. The van der Waals surface area contributed by atoms with E-state index in [4.69, 9.17) is 11.6 Å². The Balaban J connectivity index is 1.92. The molecule has 1 aromatic carbocycles. The first-order valence-electron chi connectivity index (χ1n) is 9.18. The lowest BCUT2D eigenvalue weighted by Crippen LogP contribution is -2.55. The largest absolute Gasteiger partial charge is 0.392 e. The Morgan fingerprint density at radius 1 is 1.26 bits per heavy atom. The number of carbonyl (C=O) groups excluding carboxylic acids is 3. The molecule has 6 atom stereocenters. The van der Waals surface area contributed by atoms with Crippen LogP contribution in [0.1, 0.15) is 32.8 Å². The van der Waals surface area contributed by atoms with Crippen LogP contribution in [-0.4, -0.2) is 45.9 Å². The van der Waals surface area contributed by atoms with E-state index in [9.17, 15) is 19.5 Å². The molecule has 0 bridgehead atoms. The van der Waals surface area contributed by atoms with E-state index in [2.05, 4.69) is 10.6 Å². The standard InChI is InChI=1S/C19H22ClN3O4/c1-4-8(2)23-16(25)12-13(17(23)26)19(22-14(12)9(3)24)10-6-5-7-11(20)15(10)21-18(19)27/h5-9,12-14,22,24H,4H2,1-3H3,(H,21,27)/t8-,9-,12-,13-,14-,19-/m0/s1. The van der Waals surface area contributed by atoms with Crippen molar-refractivity contribution in [1.29, 1.82) is 0 Å². The summed E-state index contributed by atoms with van der Waals surface area (Å²) in [5.41, 5.74) is -0.421. The summed E-state index contributed by atoms with van der Waals surface area (Å²) < 4.78 is 0. The van der Waals surface area contributed by atoms with Gasteiger partial charge in [-0.05, 0) is 26.3 Å². The van der Waals surface area contributed by atoms with Crippen molar-refractivity contribution in [3.8, 4) is 0 Å². The fourth-order valence-corrected chi connectivity index (χ4v) is 5.00. The molecule has 0 unspecified atom stereocenters. The molecular weight excluding hydrogens is 370 g/mol. The summed E-state index contributed by atoms with van der Waals surface area (Å²) in [6, 6.07) is 4.12. The van der Waals surface area contributed by atoms with Crippen LogP contribution >= 0.6 is 11.6 Å². The number of nitrogens with zero attached hydrogens (tertiary/aromatic N) is 1. The van der Waals surface area contributed by atoms with E-state index >= 15 is 0 Å². The van der Waals surface area contributed by atoms with E-state index in [0.29, 0.717) is 22.7 Å². The van der Waals surface area contributed by atoms with Crippen LogP contribution in [0.5, 0.6) is 0 Å². The lowest BCUT2D eigenvalue weighted by molar-refractivity contribution is -0.145. The van der Waals surface area contributed by atoms with Crippen LogP contribution in [0.3, 0.4) is 0 Å². The summed E-state index contributed by atoms with van der Waals surface area (Å²) >= 11 is 6.25. The predicted molar refractivity (Wildman–Crippen MR) is 99.0 cm³/mol. The number of rotatable bonds is 3. The van der Waals surface area contributed by atoms with Gasteiger partial charge < -0.3 is 10.4 Å². The molecule has 144 valence electrons. The summed E-state index contributed by atoms with van der Waals surface area (Å²) in [7, 11) is 0. The summed E-state index contributed by atoms with van der Waals surface area (Å²) in [5.74, 6) is -2.85. The van der Waals surface area contributed by atoms with Crippen molar-refractivity contribution in [1.82, 2.24) is 10.2 Å². The third-order valence-electron chi connectivity index (χ3n) is 6.22. The highest BCUT2D eigenvalue weighted by Crippen LogP contribution is 2.54. The molecule has 1 spiro atoms. The molecule has 3 N–H and O–H groups in total. The van der Waals surface area contributed by atoms with E-state index in [-0.39, 0.29) is 17.9 Å². The number of imide groups is 1. The first-order valence-corrected chi connectivity index (χ1v) is 9.56. The van der Waals surface area contributed by atoms with Crippen LogP contribution in [-0.2, 0) is 19.9 Å². The topological polar surface area (TPSA) is 98.7 Å². The first kappa shape index (κ1) is 18.4. The molecule has 27 heavy (non-hydrogen) atoms. The van der Waals surface area contributed by atoms with Crippen molar-refractivity contribution in [2.45, 2.75) is 50.9 Å². The smallest absolute Gasteiger partial charge is 0.250 e. The number of nitrogens with one attached hydrogen (secondary N) is 2. The van der Waals surface area contributed by atoms with E-state index in [1.165, 1.54) is 4.90 Å². The Morgan fingerprint density at radius 3 is 2.59 bits per heavy atom. The Kier molecular flexibility index (Phi) is 4.10. The van der Waals surface area contributed by atoms with Gasteiger partial charge in [0.1, 0.15) is 5.54 Å². The van der Waals surface area contributed by atoms with Gasteiger partial charge in [-0.25, -0.2) is 0 Å². The zero-order valence-corrected chi connectivity index (χ0v) is 16.1. The van der Waals surface area contributed by atoms with Crippen LogP contribution in [0.2, 0.25) is 5.02 Å². The third kappa shape index (κ3) is 2.19. The van der Waals surface area contributed by atoms with Crippen LogP contribution in [0.4, 0.5) is 5.69 Å². The number of carbonyl (C=O) groups is 3. The van der Waals surface area contributed by atoms with Crippen LogP contribution in [0, 0.1) is 11.8 Å². The van der Waals surface area contributed by atoms with Gasteiger partial charge in [0.05, 0.1) is 28.6 Å². The van der Waals surface area contributed by atoms with E-state index in [1.54, 1.807) is 25.1 Å². The zero-order valence-electron chi connectivity index (χ0n) is 15.3. The van der Waals surface area contributed by atoms with Crippen molar-refractivity contribution in [3.05, 3.63) is 28.8 Å². The number of aliphatic hydroxyl groups is 1. The molecule has 0 aromatic heterocycles. The van der Waals surface area contributed by atoms with Crippen LogP contribution in [0.15, 0.2) is 18.2 Å². The molecule has 4 rings (SSSR count). The molecule has 0 saturated carbocycles. The van der Waals surface area contributed by atoms with E-state index in [0.717, 1.165) is 0 Å². The number of hydrogen-bond donors (Lipinski definition) is 3. The molecule has 3 heterocycles. The van der Waals surface area contributed by atoms with Crippen LogP contribution in [0.25, 0.3) is 0 Å². The average molecular weight is 392 g/mol. The summed E-state index contributed by atoms with van der Waals surface area (Å²) in [6.07, 6.45) is -0.299. The lowest BCUT2D eigenvalue weighted by atomic mass is 9.76. The lowest BCUT2D eigenvalue weighted by Gasteiger charge is -2.31. The second-order valence-corrected chi connectivity index (χ2v) is 8.05. The quantitative estimate of drug-likeness (QED) is 0.673. The van der Waals surface area contributed by atoms with Gasteiger partial charge in [-0.15, -0.1) is 0 Å². The normalized spacial score (nSPS) is 34.0. The molecule has 3 amide bonds. The SMILES string of the molecule is CC[C@H](C)N1C(=O)[C@@H]2[C@H]([C@H](C)O)N[C@]3(C(=O)Nc4c(Cl)cccc43)[C@@H]2C1=O. The van der Waals surface area contributed by atoms with Crippen molar-refractivity contribution in [2.75, 3.05) is 5.32 Å². The highest BCUT2D eigenvalue weighted by atomic mass is 35.5. The molecular formula is C19H22ClN3O4. The molecule has 0 radical (unpaired) electrons. The second-order valence-electron chi connectivity index (χ2n) is 7.64. The fourth-order valence-electron chi connectivity index (χ4n) is 4.78. The fraction of sp³-hybridized carbons (Fsp3) is 0.526. The number of amides is 3. The van der Waals surface area contributed by atoms with Gasteiger partial charge >= 0.3 is 0 Å². The molecule has 1 aromatic rings. The summed E-state index contributed by atoms with van der Waals surface area (Å²) in [6.45, 7) is 5.27. The number of hydrogen-bond acceptors (Lipinski definition) is 5. The second kappa shape index (κ2) is 6.02. The Morgan fingerprint density at radius 2 is 1.96 bits per heavy atom. The first-order chi connectivity index (χ1) is 12.8. The van der Waals surface area contributed by atoms with E-state index < -0.39 is 35.4 Å². The molecule has 3 aliphatic heterocycles. The summed E-state index contributed by atoms with van der Waals surface area (Å²) in [5, 5.41) is 16.6. The maximum atomic E-state index is 13.3. The van der Waals surface area contributed by atoms with Gasteiger partial charge in [0.2, 0.25) is 17.7 Å². The van der Waals surface area contributed by atoms with Gasteiger partial charge in [0.15, 0.2) is 0 Å². The highest BCUT2D eigenvalue weighted by Gasteiger charge is 2.71. The molecule has 2 saturated heterocycles. The number of anilines is 1. The van der Waals surface area contributed by atoms with Crippen molar-refractivity contribution in [3.63, 3.8) is 0 Å². The number of fused-ring (bicyclic) bond motifs is 4. The van der Waals surface area contributed by atoms with Gasteiger partial charge in [-0.3, -0.25) is 24.6 Å². The number of halogens is 1. The maximum absolute atomic E-state index is 13.3. The summed E-state index contributed by atoms with van der Waals surface area (Å²) in [4.78, 5) is 40.9. The van der Waals surface area contributed by atoms with Crippen molar-refractivity contribution >= 4 is 35.0 Å². The molecule has 7 nitrogen and oxygen atoms in total. The number of para-hydroxylation sites is 1. The number of likely N-dealkylation sites (tertiary alicyclic amines) is 1. The highest BCUT2D eigenvalue weighted by molar-refractivity contribution is 6.35. The number of aliphatic hydroxyl groups excluding tert-OH is 1. The molecule has 0 aliphatic carbocycles. The molecule has 8 heteroatoms. The third-order valence-corrected chi connectivity index (χ3v) is 6.53.